The van der Waals surface area contributed by atoms with E-state index in [9.17, 15) is 14.4 Å². The third kappa shape index (κ3) is 17.9. The smallest absolute Gasteiger partial charge is 0.312 e. The first-order chi connectivity index (χ1) is 19.4. The topological polar surface area (TPSA) is 120 Å². The van der Waals surface area contributed by atoms with Gasteiger partial charge in [0.05, 0.1) is 12.1 Å². The van der Waals surface area contributed by atoms with E-state index >= 15 is 0 Å². The Labute approximate surface area is 240 Å². The molecule has 1 aromatic rings. The minimum Gasteiger partial charge on any atom is -0.461 e. The van der Waals surface area contributed by atoms with Crippen molar-refractivity contribution in [3.63, 3.8) is 0 Å². The number of esters is 1. The van der Waals surface area contributed by atoms with E-state index in [1.807, 2.05) is 0 Å². The van der Waals surface area contributed by atoms with E-state index in [4.69, 9.17) is 14.2 Å². The Morgan fingerprint density at radius 3 is 1.95 bits per heavy atom. The minimum absolute atomic E-state index is 0.0416. The number of ether oxygens (including phenoxy) is 3. The van der Waals surface area contributed by atoms with E-state index in [1.54, 1.807) is 13.0 Å². The van der Waals surface area contributed by atoms with Crippen molar-refractivity contribution in [2.45, 2.75) is 129 Å². The van der Waals surface area contributed by atoms with Gasteiger partial charge in [0, 0.05) is 26.7 Å². The van der Waals surface area contributed by atoms with E-state index in [1.165, 1.54) is 97.3 Å². The summed E-state index contributed by atoms with van der Waals surface area (Å²) in [7, 11) is 3.04. The molecule has 40 heavy (non-hydrogen) atoms. The van der Waals surface area contributed by atoms with Gasteiger partial charge in [-0.1, -0.05) is 96.8 Å². The van der Waals surface area contributed by atoms with Gasteiger partial charge < -0.3 is 14.2 Å². The highest BCUT2D eigenvalue weighted by Crippen LogP contribution is 2.14. The van der Waals surface area contributed by atoms with Crippen LogP contribution in [0.2, 0.25) is 0 Å². The summed E-state index contributed by atoms with van der Waals surface area (Å²) in [4.78, 5) is 43.2. The van der Waals surface area contributed by atoms with Gasteiger partial charge in [0.15, 0.2) is 6.29 Å². The van der Waals surface area contributed by atoms with E-state index in [2.05, 4.69) is 22.2 Å². The molecular formula is C31H53N3O6. The monoisotopic (exact) mass is 563 g/mol. The van der Waals surface area contributed by atoms with Gasteiger partial charge >= 0.3 is 5.97 Å². The highest BCUT2D eigenvalue weighted by atomic mass is 16.7. The molecule has 0 aliphatic carbocycles. The maximum Gasteiger partial charge on any atom is 0.312 e. The Morgan fingerprint density at radius 1 is 0.900 bits per heavy atom. The molecule has 0 saturated carbocycles. The van der Waals surface area contributed by atoms with Crippen molar-refractivity contribution in [3.8, 4) is 0 Å². The molecule has 0 bridgehead atoms. The third-order valence-electron chi connectivity index (χ3n) is 6.83. The molecular weight excluding hydrogens is 510 g/mol. The molecule has 0 unspecified atom stereocenters. The van der Waals surface area contributed by atoms with E-state index in [-0.39, 0.29) is 30.6 Å². The number of nitrogens with one attached hydrogen (secondary N) is 2. The quantitative estimate of drug-likeness (QED) is 0.0627. The van der Waals surface area contributed by atoms with Gasteiger partial charge in [-0.25, -0.2) is 4.98 Å². The maximum absolute atomic E-state index is 12.3. The van der Waals surface area contributed by atoms with Crippen LogP contribution < -0.4 is 10.9 Å². The molecule has 0 radical (unpaired) electrons. The number of hydrogen-bond acceptors (Lipinski definition) is 7. The average Bonchev–Trinajstić information content (AvgIpc) is 2.91. The lowest BCUT2D eigenvalue weighted by Crippen LogP contribution is -2.20. The zero-order chi connectivity index (χ0) is 29.4. The number of unbranched alkanes of at least 4 members (excludes halogenated alkanes) is 14. The SMILES string of the molecule is CCCCCCCCCCCCCCCCCC(=O)Nc1nc(CC(=O)OC/C=C(\C)C(OC)OC)cc(=O)[nH]1. The van der Waals surface area contributed by atoms with Gasteiger partial charge in [0.25, 0.3) is 5.56 Å². The molecule has 0 saturated heterocycles. The molecule has 9 nitrogen and oxygen atoms in total. The first kappa shape index (κ1) is 35.5. The molecule has 0 aromatic carbocycles. The minimum atomic E-state index is -0.538. The molecule has 9 heteroatoms. The predicted molar refractivity (Wildman–Crippen MR) is 159 cm³/mol. The number of hydrogen-bond donors (Lipinski definition) is 2. The van der Waals surface area contributed by atoms with Crippen molar-refractivity contribution in [2.24, 2.45) is 0 Å². The lowest BCUT2D eigenvalue weighted by atomic mass is 10.0. The summed E-state index contributed by atoms with van der Waals surface area (Å²) >= 11 is 0. The summed E-state index contributed by atoms with van der Waals surface area (Å²) in [6.07, 6.45) is 20.4. The van der Waals surface area contributed by atoms with Crippen LogP contribution in [0.15, 0.2) is 22.5 Å². The number of carbonyl (C=O) groups excluding carboxylic acids is 2. The van der Waals surface area contributed by atoms with Gasteiger partial charge in [-0.15, -0.1) is 0 Å². The Hall–Kier alpha value is -2.52. The van der Waals surface area contributed by atoms with Crippen LogP contribution in [0.3, 0.4) is 0 Å². The molecule has 0 aliphatic rings. The summed E-state index contributed by atoms with van der Waals surface area (Å²) in [5.74, 6) is -0.701. The maximum atomic E-state index is 12.3. The van der Waals surface area contributed by atoms with Gasteiger partial charge in [0.1, 0.15) is 6.61 Å². The normalized spacial score (nSPS) is 11.7. The molecule has 1 aromatic heterocycles. The van der Waals surface area contributed by atoms with Crippen LogP contribution >= 0.6 is 0 Å². The summed E-state index contributed by atoms with van der Waals surface area (Å²) in [6.45, 7) is 4.10. The zero-order valence-electron chi connectivity index (χ0n) is 25.4. The number of methoxy groups -OCH3 is 2. The molecule has 0 atom stereocenters. The molecule has 0 spiro atoms. The lowest BCUT2D eigenvalue weighted by molar-refractivity contribution is -0.141. The number of rotatable bonds is 24. The molecule has 1 amide bonds. The first-order valence-electron chi connectivity index (χ1n) is 15.2. The van der Waals surface area contributed by atoms with Gasteiger partial charge in [-0.05, 0) is 25.0 Å². The zero-order valence-corrected chi connectivity index (χ0v) is 25.4. The van der Waals surface area contributed by atoms with E-state index < -0.39 is 17.8 Å². The Balaban J connectivity index is 2.19. The largest absolute Gasteiger partial charge is 0.461 e. The fourth-order valence-electron chi connectivity index (χ4n) is 4.54. The van der Waals surface area contributed by atoms with Crippen molar-refractivity contribution < 1.29 is 23.8 Å². The summed E-state index contributed by atoms with van der Waals surface area (Å²) < 4.78 is 15.5. The Morgan fingerprint density at radius 2 is 1.43 bits per heavy atom. The fourth-order valence-corrected chi connectivity index (χ4v) is 4.54. The number of carbonyl (C=O) groups is 2. The number of anilines is 1. The van der Waals surface area contributed by atoms with Crippen LogP contribution in [-0.4, -0.2) is 49.0 Å². The first-order valence-corrected chi connectivity index (χ1v) is 15.2. The second kappa shape index (κ2) is 23.2. The predicted octanol–water partition coefficient (Wildman–Crippen LogP) is 6.62. The molecule has 1 rings (SSSR count). The highest BCUT2D eigenvalue weighted by Gasteiger charge is 2.11. The van der Waals surface area contributed by atoms with Gasteiger partial charge in [-0.3, -0.25) is 24.7 Å². The fraction of sp³-hybridized carbons (Fsp3) is 0.742. The van der Waals surface area contributed by atoms with Crippen molar-refractivity contribution in [1.29, 1.82) is 0 Å². The standard InChI is InChI=1S/C31H53N3O6/c1-5-6-7-8-9-10-11-12-13-14-15-16-17-18-19-20-27(35)33-31-32-26(23-28(36)34-31)24-29(37)40-22-21-25(2)30(38-3)39-4/h21,23,30H,5-20,22,24H2,1-4H3,(H2,32,33,34,35,36)/b25-21+. The molecule has 2 N–H and O–H groups in total. The number of H-pyrrole nitrogens is 1. The number of aromatic nitrogens is 2. The van der Waals surface area contributed by atoms with Crippen LogP contribution in [0.1, 0.15) is 122 Å². The highest BCUT2D eigenvalue weighted by molar-refractivity contribution is 5.88. The lowest BCUT2D eigenvalue weighted by Gasteiger charge is -2.13. The van der Waals surface area contributed by atoms with Crippen molar-refractivity contribution in [2.75, 3.05) is 26.1 Å². The van der Waals surface area contributed by atoms with Crippen molar-refractivity contribution in [3.05, 3.63) is 33.8 Å². The summed E-state index contributed by atoms with van der Waals surface area (Å²) in [6, 6.07) is 1.22. The average molecular weight is 564 g/mol. The molecule has 228 valence electrons. The van der Waals surface area contributed by atoms with Crippen LogP contribution in [0.25, 0.3) is 0 Å². The number of aromatic amines is 1. The second-order valence-corrected chi connectivity index (χ2v) is 10.4. The summed E-state index contributed by atoms with van der Waals surface area (Å²) in [5.41, 5.74) is 0.549. The molecule has 1 heterocycles. The number of amides is 1. The third-order valence-corrected chi connectivity index (χ3v) is 6.83. The van der Waals surface area contributed by atoms with Gasteiger partial charge in [-0.2, -0.15) is 0 Å². The number of nitrogens with zero attached hydrogens (tertiary/aromatic N) is 1. The van der Waals surface area contributed by atoms with E-state index in [0.717, 1.165) is 24.8 Å². The molecule has 0 fully saturated rings. The second-order valence-electron chi connectivity index (χ2n) is 10.4. The summed E-state index contributed by atoms with van der Waals surface area (Å²) in [5, 5.41) is 2.63. The Bertz CT molecular complexity index is 911. The van der Waals surface area contributed by atoms with E-state index in [0.29, 0.717) is 6.42 Å². The van der Waals surface area contributed by atoms with Crippen LogP contribution in [0.5, 0.6) is 0 Å². The Kier molecular flexibility index (Phi) is 20.6. The van der Waals surface area contributed by atoms with Crippen LogP contribution in [-0.2, 0) is 30.2 Å². The van der Waals surface area contributed by atoms with Crippen molar-refractivity contribution >= 4 is 17.8 Å². The molecule has 0 aliphatic heterocycles. The van der Waals surface area contributed by atoms with Crippen LogP contribution in [0, 0.1) is 0 Å². The van der Waals surface area contributed by atoms with Gasteiger partial charge in [0.2, 0.25) is 11.9 Å². The van der Waals surface area contributed by atoms with Crippen molar-refractivity contribution in [1.82, 2.24) is 9.97 Å². The van der Waals surface area contributed by atoms with Crippen LogP contribution in [0.4, 0.5) is 5.95 Å².